The van der Waals surface area contributed by atoms with Gasteiger partial charge in [-0.3, -0.25) is 14.4 Å². The lowest BCUT2D eigenvalue weighted by Crippen LogP contribution is -2.48. The zero-order chi connectivity index (χ0) is 24.7. The second kappa shape index (κ2) is 11.8. The van der Waals surface area contributed by atoms with Gasteiger partial charge in [0, 0.05) is 23.7 Å². The number of benzene rings is 2. The van der Waals surface area contributed by atoms with Crippen LogP contribution in [-0.2, 0) is 4.79 Å². The number of rotatable bonds is 2. The van der Waals surface area contributed by atoms with E-state index in [1.54, 1.807) is 18.2 Å². The highest BCUT2D eigenvalue weighted by atomic mass is 35.5. The molecule has 1 heterocycles. The molecule has 2 N–H and O–H groups in total. The first-order chi connectivity index (χ1) is 16.2. The van der Waals surface area contributed by atoms with Gasteiger partial charge in [-0.05, 0) is 61.2 Å². The summed E-state index contributed by atoms with van der Waals surface area (Å²) in [5.41, 5.74) is 0.626. The molecule has 1 aliphatic rings. The molecule has 0 aliphatic carbocycles. The van der Waals surface area contributed by atoms with Crippen molar-refractivity contribution < 1.29 is 23.5 Å². The molecule has 2 aromatic rings. The lowest BCUT2D eigenvalue weighted by molar-refractivity contribution is -0.123. The molecular weight excluding hydrogens is 461 g/mol. The molecule has 0 saturated heterocycles. The Kier molecular flexibility index (Phi) is 8.87. The lowest BCUT2D eigenvalue weighted by atomic mass is 10.1. The third kappa shape index (κ3) is 6.93. The zero-order valence-corrected chi connectivity index (χ0v) is 20.0. The van der Waals surface area contributed by atoms with Crippen molar-refractivity contribution in [1.29, 1.82) is 0 Å². The van der Waals surface area contributed by atoms with Gasteiger partial charge in [0.15, 0.2) is 0 Å². The predicted octanol–water partition coefficient (Wildman–Crippen LogP) is 3.66. The van der Waals surface area contributed by atoms with E-state index in [2.05, 4.69) is 10.6 Å². The van der Waals surface area contributed by atoms with E-state index in [-0.39, 0.29) is 42.8 Å². The molecule has 2 aromatic carbocycles. The number of hydrogen-bond donors (Lipinski definition) is 2. The van der Waals surface area contributed by atoms with Gasteiger partial charge in [0.2, 0.25) is 5.91 Å². The Hall–Kier alpha value is -3.13. The van der Waals surface area contributed by atoms with Crippen LogP contribution in [-0.4, -0.2) is 54.9 Å². The Labute approximate surface area is 203 Å². The molecule has 9 heteroatoms. The molecule has 3 amide bonds. The minimum atomic E-state index is -0.441. The highest BCUT2D eigenvalue weighted by molar-refractivity contribution is 6.31. The molecule has 0 saturated carbocycles. The Bertz CT molecular complexity index is 1030. The summed E-state index contributed by atoms with van der Waals surface area (Å²) in [5, 5.41) is 6.21. The Morgan fingerprint density at radius 1 is 1.15 bits per heavy atom. The molecule has 3 rings (SSSR count). The van der Waals surface area contributed by atoms with Crippen molar-refractivity contribution in [2.45, 2.75) is 32.7 Å². The van der Waals surface area contributed by atoms with Gasteiger partial charge in [0.05, 0.1) is 18.2 Å². The largest absolute Gasteiger partial charge is 0.491 e. The van der Waals surface area contributed by atoms with Crippen molar-refractivity contribution in [2.24, 2.45) is 5.92 Å². The standard InChI is InChI=1S/C25H29ClFN3O4/c1-16(2)21-15-34-22-10-7-18(26)13-20(22)24(32)28-11-3-4-12-30(14-23(31)29-21)25(33)17-5-8-19(27)9-6-17/h5-10,13,16,21H,3-4,11-12,14-15H2,1-2H3,(H,28,32)(H,29,31)/t21-/m0/s1. The smallest absolute Gasteiger partial charge is 0.255 e. The maximum atomic E-state index is 13.3. The van der Waals surface area contributed by atoms with Gasteiger partial charge in [-0.1, -0.05) is 25.4 Å². The Morgan fingerprint density at radius 2 is 1.88 bits per heavy atom. The van der Waals surface area contributed by atoms with Crippen molar-refractivity contribution in [2.75, 3.05) is 26.2 Å². The van der Waals surface area contributed by atoms with Crippen LogP contribution in [0.1, 0.15) is 47.4 Å². The maximum Gasteiger partial charge on any atom is 0.255 e. The van der Waals surface area contributed by atoms with E-state index < -0.39 is 5.82 Å². The number of nitrogens with one attached hydrogen (secondary N) is 2. The third-order valence-electron chi connectivity index (χ3n) is 5.61. The second-order valence-electron chi connectivity index (χ2n) is 8.57. The molecule has 1 aliphatic heterocycles. The quantitative estimate of drug-likeness (QED) is 0.674. The van der Waals surface area contributed by atoms with Gasteiger partial charge < -0.3 is 20.3 Å². The number of hydrogen-bond acceptors (Lipinski definition) is 4. The van der Waals surface area contributed by atoms with Crippen molar-refractivity contribution in [3.05, 3.63) is 64.4 Å². The summed E-state index contributed by atoms with van der Waals surface area (Å²) in [7, 11) is 0. The summed E-state index contributed by atoms with van der Waals surface area (Å²) in [4.78, 5) is 40.1. The minimum absolute atomic E-state index is 0.0328. The summed E-state index contributed by atoms with van der Waals surface area (Å²) in [6.45, 7) is 4.57. The van der Waals surface area contributed by atoms with E-state index >= 15 is 0 Å². The Balaban J connectivity index is 1.82. The fraction of sp³-hybridized carbons (Fsp3) is 0.400. The van der Waals surface area contributed by atoms with Crippen LogP contribution in [0.5, 0.6) is 5.75 Å². The molecule has 0 aromatic heterocycles. The topological polar surface area (TPSA) is 87.7 Å². The van der Waals surface area contributed by atoms with E-state index in [1.807, 2.05) is 13.8 Å². The number of amides is 3. The van der Waals surface area contributed by atoms with Gasteiger partial charge in [0.1, 0.15) is 18.2 Å². The van der Waals surface area contributed by atoms with Crippen LogP contribution in [0.25, 0.3) is 0 Å². The summed E-state index contributed by atoms with van der Waals surface area (Å²) >= 11 is 6.09. The van der Waals surface area contributed by atoms with Crippen LogP contribution in [0, 0.1) is 11.7 Å². The number of nitrogens with zero attached hydrogens (tertiary/aromatic N) is 1. The predicted molar refractivity (Wildman–Crippen MR) is 128 cm³/mol. The molecule has 34 heavy (non-hydrogen) atoms. The number of halogens is 2. The van der Waals surface area contributed by atoms with Crippen LogP contribution in [0.4, 0.5) is 4.39 Å². The van der Waals surface area contributed by atoms with Gasteiger partial charge in [-0.15, -0.1) is 0 Å². The van der Waals surface area contributed by atoms with E-state index in [0.717, 1.165) is 0 Å². The van der Waals surface area contributed by atoms with Crippen LogP contribution >= 0.6 is 11.6 Å². The fourth-order valence-corrected chi connectivity index (χ4v) is 3.74. The van der Waals surface area contributed by atoms with Crippen LogP contribution < -0.4 is 15.4 Å². The van der Waals surface area contributed by atoms with Crippen molar-refractivity contribution in [3.63, 3.8) is 0 Å². The molecule has 0 fully saturated rings. The summed E-state index contributed by atoms with van der Waals surface area (Å²) in [6, 6.07) is 9.71. The highest BCUT2D eigenvalue weighted by Crippen LogP contribution is 2.24. The molecule has 1 atom stereocenters. The summed E-state index contributed by atoms with van der Waals surface area (Å²) in [5.74, 6) is -1.02. The number of carbonyl (C=O) groups excluding carboxylic acids is 3. The minimum Gasteiger partial charge on any atom is -0.491 e. The van der Waals surface area contributed by atoms with E-state index in [0.29, 0.717) is 47.8 Å². The first-order valence-electron chi connectivity index (χ1n) is 11.3. The van der Waals surface area contributed by atoms with E-state index in [1.165, 1.54) is 29.2 Å². The van der Waals surface area contributed by atoms with Gasteiger partial charge >= 0.3 is 0 Å². The van der Waals surface area contributed by atoms with Crippen molar-refractivity contribution in [1.82, 2.24) is 15.5 Å². The monoisotopic (exact) mass is 489 g/mol. The molecule has 0 bridgehead atoms. The number of fused-ring (bicyclic) bond motifs is 1. The normalized spacial score (nSPS) is 18.1. The van der Waals surface area contributed by atoms with Crippen LogP contribution in [0.2, 0.25) is 5.02 Å². The molecule has 0 spiro atoms. The zero-order valence-electron chi connectivity index (χ0n) is 19.3. The van der Waals surface area contributed by atoms with E-state index in [4.69, 9.17) is 16.3 Å². The van der Waals surface area contributed by atoms with Crippen LogP contribution in [0.15, 0.2) is 42.5 Å². The first-order valence-corrected chi connectivity index (χ1v) is 11.7. The fourth-order valence-electron chi connectivity index (χ4n) is 3.56. The molecule has 7 nitrogen and oxygen atoms in total. The lowest BCUT2D eigenvalue weighted by Gasteiger charge is -2.26. The second-order valence-corrected chi connectivity index (χ2v) is 9.00. The molecule has 0 unspecified atom stereocenters. The van der Waals surface area contributed by atoms with Crippen LogP contribution in [0.3, 0.4) is 0 Å². The average Bonchev–Trinajstić information content (AvgIpc) is 2.81. The molecular formula is C25H29ClFN3O4. The summed E-state index contributed by atoms with van der Waals surface area (Å²) in [6.07, 6.45) is 1.15. The molecule has 0 radical (unpaired) electrons. The highest BCUT2D eigenvalue weighted by Gasteiger charge is 2.24. The van der Waals surface area contributed by atoms with Crippen molar-refractivity contribution in [3.8, 4) is 5.75 Å². The van der Waals surface area contributed by atoms with Crippen molar-refractivity contribution >= 4 is 29.3 Å². The first kappa shape index (κ1) is 25.5. The maximum absolute atomic E-state index is 13.3. The number of carbonyl (C=O) groups is 3. The average molecular weight is 490 g/mol. The summed E-state index contributed by atoms with van der Waals surface area (Å²) < 4.78 is 19.2. The molecule has 182 valence electrons. The van der Waals surface area contributed by atoms with Gasteiger partial charge in [-0.2, -0.15) is 0 Å². The van der Waals surface area contributed by atoms with Gasteiger partial charge in [0.25, 0.3) is 11.8 Å². The third-order valence-corrected chi connectivity index (χ3v) is 5.84. The van der Waals surface area contributed by atoms with Gasteiger partial charge in [-0.25, -0.2) is 4.39 Å². The van der Waals surface area contributed by atoms with E-state index in [9.17, 15) is 18.8 Å². The Morgan fingerprint density at radius 3 is 2.59 bits per heavy atom. The SMILES string of the molecule is CC(C)[C@@H]1COc2ccc(Cl)cc2C(=O)NCCCCN(C(=O)c2ccc(F)cc2)CC(=O)N1. The number of ether oxygens (including phenoxy) is 1.